The Morgan fingerprint density at radius 2 is 2.04 bits per heavy atom. The van der Waals surface area contributed by atoms with Crippen molar-refractivity contribution in [2.45, 2.75) is 26.3 Å². The van der Waals surface area contributed by atoms with Crippen molar-refractivity contribution in [3.63, 3.8) is 0 Å². The van der Waals surface area contributed by atoms with E-state index in [4.69, 9.17) is 5.11 Å². The molecule has 0 bridgehead atoms. The van der Waals surface area contributed by atoms with E-state index in [2.05, 4.69) is 5.32 Å². The predicted molar refractivity (Wildman–Crippen MR) is 81.4 cm³/mol. The minimum absolute atomic E-state index is 0.0818. The number of nitrogens with one attached hydrogen (secondary N) is 1. The van der Waals surface area contributed by atoms with Crippen molar-refractivity contribution in [3.05, 3.63) is 21.7 Å². The summed E-state index contributed by atoms with van der Waals surface area (Å²) in [4.78, 5) is 35.7. The third-order valence-corrected chi connectivity index (χ3v) is 5.30. The Bertz CT molecular complexity index is 666. The zero-order chi connectivity index (χ0) is 17.3. The first-order chi connectivity index (χ1) is 10.8. The molecule has 1 saturated heterocycles. The Labute approximate surface area is 135 Å². The number of carbonyl (C=O) groups is 3. The molecule has 2 amide bonds. The van der Waals surface area contributed by atoms with Gasteiger partial charge in [-0.1, -0.05) is 0 Å². The van der Waals surface area contributed by atoms with Crippen molar-refractivity contribution in [1.82, 2.24) is 10.2 Å². The Hall–Kier alpha value is -2.00. The minimum Gasteiger partial charge on any atom is -0.477 e. The van der Waals surface area contributed by atoms with Crippen LogP contribution in [0.25, 0.3) is 0 Å². The van der Waals surface area contributed by atoms with E-state index < -0.39 is 28.7 Å². The summed E-state index contributed by atoms with van der Waals surface area (Å²) in [5.74, 6) is -1.95. The number of aliphatic carboxylic acids is 1. The first-order valence-corrected chi connectivity index (χ1v) is 8.34. The van der Waals surface area contributed by atoms with Crippen molar-refractivity contribution in [2.75, 3.05) is 18.9 Å². The second-order valence-corrected chi connectivity index (χ2v) is 6.95. The number of fused-ring (bicyclic) bond motifs is 1. The number of nitrogens with zero attached hydrogens (tertiary/aromatic N) is 1. The molecular weight excluding hydrogens is 324 g/mol. The monoisotopic (exact) mass is 342 g/mol. The lowest BCUT2D eigenvalue weighted by molar-refractivity contribution is -0.142. The number of carbonyl (C=O) groups excluding carboxylic acids is 2. The predicted octanol–water partition coefficient (Wildman–Crippen LogP) is -0.909. The highest BCUT2D eigenvalue weighted by atomic mass is 32.2. The van der Waals surface area contributed by atoms with Crippen LogP contribution in [0.5, 0.6) is 0 Å². The van der Waals surface area contributed by atoms with Crippen molar-refractivity contribution in [3.8, 4) is 0 Å². The summed E-state index contributed by atoms with van der Waals surface area (Å²) < 4.78 is 12.3. The first-order valence-electron chi connectivity index (χ1n) is 7.02. The second kappa shape index (κ2) is 6.63. The lowest BCUT2D eigenvalue weighted by Crippen LogP contribution is -2.53. The number of hydrogen-bond acceptors (Lipinski definition) is 5. The van der Waals surface area contributed by atoms with E-state index in [1.807, 2.05) is 0 Å². The van der Waals surface area contributed by atoms with Crippen molar-refractivity contribution < 1.29 is 28.8 Å². The topological polar surface area (TPSA) is 124 Å². The Kier molecular flexibility index (Phi) is 5.00. The molecule has 0 saturated carbocycles. The number of β-lactam (4-membered cyclic amide) rings is 1. The molecule has 0 aromatic carbocycles. The number of rotatable bonds is 6. The van der Waals surface area contributed by atoms with E-state index >= 15 is 0 Å². The van der Waals surface area contributed by atoms with Crippen LogP contribution in [-0.4, -0.2) is 62.1 Å². The summed E-state index contributed by atoms with van der Waals surface area (Å²) in [6, 6.07) is -0.472. The fraction of sp³-hybridized carbons (Fsp3) is 0.500. The smallest absolute Gasteiger partial charge is 0.353 e. The van der Waals surface area contributed by atoms with E-state index in [0.29, 0.717) is 11.1 Å². The Balaban J connectivity index is 2.23. The van der Waals surface area contributed by atoms with Gasteiger partial charge in [-0.15, -0.1) is 0 Å². The average molecular weight is 342 g/mol. The third kappa shape index (κ3) is 3.06. The summed E-state index contributed by atoms with van der Waals surface area (Å²) >= 11 is 0. The van der Waals surface area contributed by atoms with Gasteiger partial charge in [0.05, 0.1) is 28.4 Å². The average Bonchev–Trinajstić information content (AvgIpc) is 2.82. The van der Waals surface area contributed by atoms with Gasteiger partial charge in [-0.3, -0.25) is 18.7 Å². The zero-order valence-electron chi connectivity index (χ0n) is 12.8. The quantitative estimate of drug-likeness (QED) is 0.424. The van der Waals surface area contributed by atoms with Crippen LogP contribution < -0.4 is 5.32 Å². The maximum atomic E-state index is 12.3. The summed E-state index contributed by atoms with van der Waals surface area (Å²) in [6.07, 6.45) is 0.173. The number of carboxylic acids is 1. The molecule has 0 aromatic rings. The van der Waals surface area contributed by atoms with Crippen LogP contribution in [0, 0.1) is 0 Å². The van der Waals surface area contributed by atoms with Crippen LogP contribution in [0.3, 0.4) is 0 Å². The van der Waals surface area contributed by atoms with Crippen molar-refractivity contribution >= 4 is 28.6 Å². The zero-order valence-corrected chi connectivity index (χ0v) is 13.6. The first kappa shape index (κ1) is 17.4. The van der Waals surface area contributed by atoms with Gasteiger partial charge < -0.3 is 15.5 Å². The van der Waals surface area contributed by atoms with Crippen LogP contribution in [-0.2, 0) is 25.2 Å². The van der Waals surface area contributed by atoms with Gasteiger partial charge in [0.1, 0.15) is 5.70 Å². The lowest BCUT2D eigenvalue weighted by Gasteiger charge is -2.39. The van der Waals surface area contributed by atoms with Crippen LogP contribution in [0.4, 0.5) is 0 Å². The molecule has 0 aromatic heterocycles. The molecule has 0 unspecified atom stereocenters. The minimum atomic E-state index is -1.60. The normalized spacial score (nSPS) is 23.3. The van der Waals surface area contributed by atoms with Gasteiger partial charge in [0.15, 0.2) is 0 Å². The van der Waals surface area contributed by atoms with Gasteiger partial charge in [0.25, 0.3) is 5.91 Å². The number of carboxylic acid groups (broad SMARTS) is 1. The van der Waals surface area contributed by atoms with Gasteiger partial charge in [-0.05, 0) is 12.5 Å². The lowest BCUT2D eigenvalue weighted by atomic mass is 9.90. The molecule has 2 aliphatic heterocycles. The molecule has 0 spiro atoms. The Morgan fingerprint density at radius 3 is 2.57 bits per heavy atom. The highest BCUT2D eigenvalue weighted by Crippen LogP contribution is 2.44. The van der Waals surface area contributed by atoms with Crippen LogP contribution in [0.2, 0.25) is 0 Å². The molecule has 2 heterocycles. The molecule has 3 N–H and O–H groups in total. The van der Waals surface area contributed by atoms with Crippen LogP contribution >= 0.6 is 0 Å². The number of hydrogen-bond donors (Lipinski definition) is 3. The van der Waals surface area contributed by atoms with Crippen LogP contribution in [0.15, 0.2) is 21.7 Å². The SMILES string of the molecule is CC(=O)NCC[S@](=O)C1=C(C(=O)O)N2C(=O)/C(=C(\C)CO)[C@H]2C1. The van der Waals surface area contributed by atoms with E-state index in [1.54, 1.807) is 6.92 Å². The molecule has 2 atom stereocenters. The summed E-state index contributed by atoms with van der Waals surface area (Å²) in [7, 11) is -1.60. The largest absolute Gasteiger partial charge is 0.477 e. The maximum absolute atomic E-state index is 12.3. The summed E-state index contributed by atoms with van der Waals surface area (Å²) in [5.41, 5.74) is 0.641. The molecule has 0 aliphatic carbocycles. The third-order valence-electron chi connectivity index (χ3n) is 3.81. The van der Waals surface area contributed by atoms with E-state index in [-0.39, 0.29) is 41.8 Å². The second-order valence-electron chi connectivity index (χ2n) is 5.36. The van der Waals surface area contributed by atoms with Gasteiger partial charge in [-0.25, -0.2) is 4.79 Å². The van der Waals surface area contributed by atoms with Gasteiger partial charge >= 0.3 is 5.97 Å². The summed E-state index contributed by atoms with van der Waals surface area (Å²) in [5, 5.41) is 21.0. The van der Waals surface area contributed by atoms with E-state index in [1.165, 1.54) is 6.92 Å². The Morgan fingerprint density at radius 1 is 1.39 bits per heavy atom. The van der Waals surface area contributed by atoms with Gasteiger partial charge in [0, 0.05) is 31.2 Å². The fourth-order valence-electron chi connectivity index (χ4n) is 2.75. The molecule has 1 fully saturated rings. The molecule has 0 radical (unpaired) electrons. The molecule has 126 valence electrons. The molecule has 8 nitrogen and oxygen atoms in total. The standard InChI is InChI=1S/C14H18N2O6S/c1-7(6-17)11-9-5-10(23(22)4-3-15-8(2)18)12(14(20)21)16(9)13(11)19/h9,17H,3-6H2,1-2H3,(H,15,18)(H,20,21)/b11-7+/t9-,23+/m1/s1. The van der Waals surface area contributed by atoms with E-state index in [0.717, 1.165) is 4.90 Å². The molecule has 2 rings (SSSR count). The number of aliphatic hydroxyl groups is 1. The molecule has 23 heavy (non-hydrogen) atoms. The summed E-state index contributed by atoms with van der Waals surface area (Å²) in [6.45, 7) is 2.82. The van der Waals surface area contributed by atoms with Gasteiger partial charge in [-0.2, -0.15) is 0 Å². The van der Waals surface area contributed by atoms with E-state index in [9.17, 15) is 23.7 Å². The molecule has 9 heteroatoms. The fourth-order valence-corrected chi connectivity index (χ4v) is 4.03. The van der Waals surface area contributed by atoms with Crippen LogP contribution in [0.1, 0.15) is 20.3 Å². The maximum Gasteiger partial charge on any atom is 0.353 e. The van der Waals surface area contributed by atoms with Gasteiger partial charge in [0.2, 0.25) is 5.91 Å². The molecular formula is C14H18N2O6S. The van der Waals surface area contributed by atoms with Crippen molar-refractivity contribution in [2.24, 2.45) is 0 Å². The number of aliphatic hydroxyl groups excluding tert-OH is 1. The van der Waals surface area contributed by atoms with Crippen molar-refractivity contribution in [1.29, 1.82) is 0 Å². The molecule has 2 aliphatic rings. The highest BCUT2D eigenvalue weighted by Gasteiger charge is 2.53. The number of amides is 2. The highest BCUT2D eigenvalue weighted by molar-refractivity contribution is 7.89.